The second-order valence-electron chi connectivity index (χ2n) is 9.56. The molecule has 4 nitrogen and oxygen atoms in total. The van der Waals surface area contributed by atoms with Gasteiger partial charge in [-0.2, -0.15) is 11.3 Å². The first kappa shape index (κ1) is 22.0. The molecule has 4 aromatic heterocycles. The van der Waals surface area contributed by atoms with Crippen molar-refractivity contribution in [3.8, 4) is 39.5 Å². The molecule has 0 amide bonds. The number of thiophene rings is 1. The fourth-order valence-electron chi connectivity index (χ4n) is 5.38. The monoisotopic (exact) mass is 519 g/mol. The van der Waals surface area contributed by atoms with Gasteiger partial charge in [-0.15, -0.1) is 0 Å². The van der Waals surface area contributed by atoms with Crippen LogP contribution >= 0.6 is 11.3 Å². The van der Waals surface area contributed by atoms with Gasteiger partial charge in [0, 0.05) is 33.8 Å². The minimum Gasteiger partial charge on any atom is -0.436 e. The van der Waals surface area contributed by atoms with Crippen LogP contribution in [-0.2, 0) is 0 Å². The minimum absolute atomic E-state index is 0.619. The molecule has 0 aliphatic rings. The van der Waals surface area contributed by atoms with Crippen molar-refractivity contribution in [1.29, 1.82) is 0 Å². The summed E-state index contributed by atoms with van der Waals surface area (Å²) in [6.45, 7) is 0. The van der Waals surface area contributed by atoms with Crippen molar-refractivity contribution in [3.63, 3.8) is 0 Å². The Kier molecular flexibility index (Phi) is 4.96. The summed E-state index contributed by atoms with van der Waals surface area (Å²) in [5, 5.41) is 6.64. The minimum atomic E-state index is 0.619. The third-order valence-electron chi connectivity index (χ3n) is 7.23. The molecule has 0 aliphatic heterocycles. The summed E-state index contributed by atoms with van der Waals surface area (Å²) in [5.74, 6) is 0.619. The van der Waals surface area contributed by atoms with E-state index in [1.165, 1.54) is 16.3 Å². The highest BCUT2D eigenvalue weighted by Gasteiger charge is 2.16. The molecule has 4 aromatic carbocycles. The zero-order valence-electron chi connectivity index (χ0n) is 20.8. The van der Waals surface area contributed by atoms with E-state index in [4.69, 9.17) is 9.40 Å². The Balaban J connectivity index is 1.31. The van der Waals surface area contributed by atoms with Gasteiger partial charge in [-0.3, -0.25) is 4.98 Å². The summed E-state index contributed by atoms with van der Waals surface area (Å²) >= 11 is 1.69. The fraction of sp³-hybridized carbons (Fsp3) is 0. The van der Waals surface area contributed by atoms with Crippen molar-refractivity contribution in [2.45, 2.75) is 0 Å². The molecule has 0 aliphatic carbocycles. The summed E-state index contributed by atoms with van der Waals surface area (Å²) in [4.78, 5) is 9.45. The molecule has 0 radical (unpaired) electrons. The second kappa shape index (κ2) is 8.79. The number of aromatic nitrogens is 3. The Morgan fingerprint density at radius 1 is 0.641 bits per heavy atom. The van der Waals surface area contributed by atoms with Gasteiger partial charge in [-0.1, -0.05) is 48.5 Å². The van der Waals surface area contributed by atoms with E-state index in [1.54, 1.807) is 11.3 Å². The topological polar surface area (TPSA) is 43.9 Å². The average molecular weight is 520 g/mol. The van der Waals surface area contributed by atoms with Crippen molar-refractivity contribution >= 4 is 44.2 Å². The van der Waals surface area contributed by atoms with E-state index in [-0.39, 0.29) is 0 Å². The van der Waals surface area contributed by atoms with Gasteiger partial charge in [-0.05, 0) is 82.6 Å². The highest BCUT2D eigenvalue weighted by Crippen LogP contribution is 2.36. The molecule has 8 aromatic rings. The Bertz CT molecular complexity index is 2120. The SMILES string of the molecule is c1ccc(-c2cccc(-n3c4ccccc4c4ccc(-c5nc6cc(-c7ccsc7)ccc6o5)cc43)c2)nc1. The van der Waals surface area contributed by atoms with Gasteiger partial charge >= 0.3 is 0 Å². The standard InChI is InChI=1S/C34H21N3OS/c1-2-10-31-27(8-1)28-13-11-24(34-36-30-19-22(12-14-33(30)38-34)25-15-17-39-21-25)20-32(28)37(31)26-7-5-6-23(18-26)29-9-3-4-16-35-29/h1-21H. The molecular formula is C34H21N3OS. The first-order valence-corrected chi connectivity index (χ1v) is 13.7. The zero-order valence-corrected chi connectivity index (χ0v) is 21.6. The van der Waals surface area contributed by atoms with E-state index in [9.17, 15) is 0 Å². The van der Waals surface area contributed by atoms with Crippen molar-refractivity contribution in [2.75, 3.05) is 0 Å². The van der Waals surface area contributed by atoms with Gasteiger partial charge < -0.3 is 8.98 Å². The van der Waals surface area contributed by atoms with Crippen LogP contribution in [0.1, 0.15) is 0 Å². The number of fused-ring (bicyclic) bond motifs is 4. The predicted octanol–water partition coefficient (Wildman–Crippen LogP) is 9.38. The lowest BCUT2D eigenvalue weighted by Crippen LogP contribution is -1.95. The van der Waals surface area contributed by atoms with E-state index in [2.05, 4.69) is 105 Å². The van der Waals surface area contributed by atoms with Crippen LogP contribution in [0.5, 0.6) is 0 Å². The molecule has 0 atom stereocenters. The summed E-state index contributed by atoms with van der Waals surface area (Å²) in [6, 6.07) is 37.9. The van der Waals surface area contributed by atoms with Gasteiger partial charge in [0.2, 0.25) is 5.89 Å². The van der Waals surface area contributed by atoms with Gasteiger partial charge in [0.25, 0.3) is 0 Å². The molecule has 0 unspecified atom stereocenters. The number of nitrogens with zero attached hydrogens (tertiary/aromatic N) is 3. The molecule has 0 fully saturated rings. The smallest absolute Gasteiger partial charge is 0.227 e. The van der Waals surface area contributed by atoms with Crippen LogP contribution < -0.4 is 0 Å². The van der Waals surface area contributed by atoms with Crippen LogP contribution in [0.25, 0.3) is 72.4 Å². The third kappa shape index (κ3) is 3.67. The van der Waals surface area contributed by atoms with Crippen LogP contribution in [0.3, 0.4) is 0 Å². The lowest BCUT2D eigenvalue weighted by atomic mass is 10.1. The molecule has 39 heavy (non-hydrogen) atoms. The van der Waals surface area contributed by atoms with Gasteiger partial charge in [0.1, 0.15) is 5.52 Å². The van der Waals surface area contributed by atoms with Crippen LogP contribution in [-0.4, -0.2) is 14.5 Å². The maximum atomic E-state index is 6.25. The normalized spacial score (nSPS) is 11.6. The molecule has 0 N–H and O–H groups in total. The zero-order chi connectivity index (χ0) is 25.8. The van der Waals surface area contributed by atoms with Crippen LogP contribution in [0.4, 0.5) is 0 Å². The summed E-state index contributed by atoms with van der Waals surface area (Å²) in [7, 11) is 0. The highest BCUT2D eigenvalue weighted by molar-refractivity contribution is 7.08. The number of benzene rings is 4. The summed E-state index contributed by atoms with van der Waals surface area (Å²) in [5.41, 5.74) is 10.3. The largest absolute Gasteiger partial charge is 0.436 e. The summed E-state index contributed by atoms with van der Waals surface area (Å²) in [6.07, 6.45) is 1.83. The number of hydrogen-bond acceptors (Lipinski definition) is 4. The lowest BCUT2D eigenvalue weighted by Gasteiger charge is -2.10. The average Bonchev–Trinajstić information content (AvgIpc) is 3.75. The van der Waals surface area contributed by atoms with E-state index in [0.29, 0.717) is 5.89 Å². The number of pyridine rings is 1. The lowest BCUT2D eigenvalue weighted by molar-refractivity contribution is 0.620. The summed E-state index contributed by atoms with van der Waals surface area (Å²) < 4.78 is 8.56. The van der Waals surface area contributed by atoms with Crippen LogP contribution in [0, 0.1) is 0 Å². The van der Waals surface area contributed by atoms with Gasteiger partial charge in [0.15, 0.2) is 5.58 Å². The van der Waals surface area contributed by atoms with E-state index < -0.39 is 0 Å². The quantitative estimate of drug-likeness (QED) is 0.233. The first-order valence-electron chi connectivity index (χ1n) is 12.8. The number of rotatable bonds is 4. The fourth-order valence-corrected chi connectivity index (χ4v) is 6.04. The molecule has 8 rings (SSSR count). The van der Waals surface area contributed by atoms with E-state index >= 15 is 0 Å². The van der Waals surface area contributed by atoms with Crippen molar-refractivity contribution in [2.24, 2.45) is 0 Å². The highest BCUT2D eigenvalue weighted by atomic mass is 32.1. The van der Waals surface area contributed by atoms with Crippen molar-refractivity contribution in [3.05, 3.63) is 126 Å². The maximum Gasteiger partial charge on any atom is 0.227 e. The van der Waals surface area contributed by atoms with E-state index in [1.807, 2.05) is 30.5 Å². The predicted molar refractivity (Wildman–Crippen MR) is 160 cm³/mol. The first-order chi connectivity index (χ1) is 19.3. The molecule has 0 saturated heterocycles. The number of hydrogen-bond donors (Lipinski definition) is 0. The Hall–Kier alpha value is -5.00. The van der Waals surface area contributed by atoms with Gasteiger partial charge in [-0.25, -0.2) is 4.98 Å². The third-order valence-corrected chi connectivity index (χ3v) is 7.91. The molecular weight excluding hydrogens is 498 g/mol. The van der Waals surface area contributed by atoms with Crippen LogP contribution in [0.15, 0.2) is 131 Å². The molecule has 4 heterocycles. The molecule has 0 spiro atoms. The Labute approximate surface area is 228 Å². The Morgan fingerprint density at radius 3 is 2.44 bits per heavy atom. The van der Waals surface area contributed by atoms with Crippen molar-refractivity contribution in [1.82, 2.24) is 14.5 Å². The van der Waals surface area contributed by atoms with Gasteiger partial charge in [0.05, 0.1) is 16.7 Å². The molecule has 5 heteroatoms. The van der Waals surface area contributed by atoms with Crippen LogP contribution in [0.2, 0.25) is 0 Å². The van der Waals surface area contributed by atoms with Crippen molar-refractivity contribution < 1.29 is 4.42 Å². The molecule has 184 valence electrons. The number of para-hydroxylation sites is 1. The second-order valence-corrected chi connectivity index (χ2v) is 10.3. The Morgan fingerprint density at radius 2 is 1.54 bits per heavy atom. The van der Waals surface area contributed by atoms with E-state index in [0.717, 1.165) is 50.2 Å². The molecule has 0 saturated carbocycles. The molecule has 0 bridgehead atoms. The maximum absolute atomic E-state index is 6.25. The number of oxazole rings is 1.